The molecular weight excluding hydrogens is 640 g/mol. The number of imide groups is 1. The Morgan fingerprint density at radius 2 is 1.67 bits per heavy atom. The summed E-state index contributed by atoms with van der Waals surface area (Å²) in [4.78, 5) is 95.9. The standard InChI is InChI=1S/C33H38N6O8S/c1-4-5-16-37-17-18-38(28(44)27(37)43)31(46)35-23(22-14-10-7-11-15-22)25(41)36-33(30(45)47-19-21-12-8-6-9-13-21)32(2,3)48-29-24(34-20-40)26(42)39(29)33/h6-15,20,23-24,29H,4-5,16-19H2,1-3H3,(H,34,40)(H,35,46)(H,36,41)/t23?,24-,29-,33+/m1/s1. The van der Waals surface area contributed by atoms with Crippen LogP contribution in [0.4, 0.5) is 4.79 Å². The number of esters is 1. The van der Waals surface area contributed by atoms with Crippen molar-refractivity contribution < 1.29 is 38.3 Å². The molecule has 3 N–H and O–H groups in total. The van der Waals surface area contributed by atoms with E-state index in [1.54, 1.807) is 74.5 Å². The van der Waals surface area contributed by atoms with Crippen LogP contribution in [-0.4, -0.2) is 98.2 Å². The summed E-state index contributed by atoms with van der Waals surface area (Å²) in [6.07, 6.45) is 1.93. The Labute approximate surface area is 281 Å². The summed E-state index contributed by atoms with van der Waals surface area (Å²) in [6.45, 7) is 5.62. The van der Waals surface area contributed by atoms with Gasteiger partial charge in [0.2, 0.25) is 18.0 Å². The van der Waals surface area contributed by atoms with E-state index in [1.165, 1.54) is 21.6 Å². The monoisotopic (exact) mass is 678 g/mol. The number of carbonyl (C=O) groups is 7. The maximum atomic E-state index is 14.4. The number of piperazine rings is 1. The molecule has 0 aromatic heterocycles. The molecule has 0 spiro atoms. The molecule has 3 heterocycles. The highest BCUT2D eigenvalue weighted by atomic mass is 32.2. The van der Waals surface area contributed by atoms with Crippen LogP contribution in [0.5, 0.6) is 0 Å². The van der Waals surface area contributed by atoms with Crippen LogP contribution in [0.3, 0.4) is 0 Å². The van der Waals surface area contributed by atoms with Crippen molar-refractivity contribution in [1.29, 1.82) is 0 Å². The van der Waals surface area contributed by atoms with E-state index in [1.807, 2.05) is 6.92 Å². The number of ether oxygens (including phenoxy) is 1. The highest BCUT2D eigenvalue weighted by Crippen LogP contribution is 2.56. The molecule has 3 saturated heterocycles. The van der Waals surface area contributed by atoms with E-state index in [0.717, 1.165) is 11.3 Å². The van der Waals surface area contributed by atoms with Crippen LogP contribution in [0.15, 0.2) is 60.7 Å². The Bertz CT molecular complexity index is 1590. The lowest BCUT2D eigenvalue weighted by atomic mass is 9.87. The summed E-state index contributed by atoms with van der Waals surface area (Å²) in [5, 5.41) is 7.11. The van der Waals surface area contributed by atoms with E-state index in [0.29, 0.717) is 30.5 Å². The first-order valence-electron chi connectivity index (χ1n) is 15.7. The fourth-order valence-corrected chi connectivity index (χ4v) is 7.81. The zero-order valence-corrected chi connectivity index (χ0v) is 27.7. The van der Waals surface area contributed by atoms with Gasteiger partial charge in [-0.05, 0) is 31.4 Å². The molecular formula is C33H38N6O8S. The van der Waals surface area contributed by atoms with E-state index in [9.17, 15) is 33.6 Å². The van der Waals surface area contributed by atoms with Crippen molar-refractivity contribution in [1.82, 2.24) is 30.7 Å². The number of nitrogens with one attached hydrogen (secondary N) is 3. The van der Waals surface area contributed by atoms with E-state index in [-0.39, 0.29) is 19.7 Å². The average Bonchev–Trinajstić information content (AvgIpc) is 3.29. The minimum absolute atomic E-state index is 0.0717. The minimum atomic E-state index is -2.07. The number of β-lactam (4-membered cyclic amide) rings is 1. The molecule has 2 aromatic carbocycles. The van der Waals surface area contributed by atoms with Gasteiger partial charge in [0, 0.05) is 19.6 Å². The number of unbranched alkanes of at least 4 members (excludes halogenated alkanes) is 1. The molecule has 4 atom stereocenters. The molecule has 14 nitrogen and oxygen atoms in total. The minimum Gasteiger partial charge on any atom is -0.458 e. The number of urea groups is 1. The van der Waals surface area contributed by atoms with Crippen molar-refractivity contribution in [2.45, 2.75) is 68.1 Å². The first kappa shape index (κ1) is 34.4. The number of benzene rings is 2. The van der Waals surface area contributed by atoms with Gasteiger partial charge in [-0.3, -0.25) is 33.8 Å². The van der Waals surface area contributed by atoms with Gasteiger partial charge >= 0.3 is 23.8 Å². The van der Waals surface area contributed by atoms with Crippen LogP contribution in [-0.2, 0) is 40.1 Å². The predicted molar refractivity (Wildman–Crippen MR) is 173 cm³/mol. The molecule has 254 valence electrons. The highest BCUT2D eigenvalue weighted by Gasteiger charge is 2.74. The molecule has 0 saturated carbocycles. The summed E-state index contributed by atoms with van der Waals surface area (Å²) in [5.74, 6) is -4.22. The van der Waals surface area contributed by atoms with Crippen molar-refractivity contribution in [2.24, 2.45) is 0 Å². The number of thioether (sulfide) groups is 1. The lowest BCUT2D eigenvalue weighted by Crippen LogP contribution is -2.80. The van der Waals surface area contributed by atoms with Gasteiger partial charge in [-0.15, -0.1) is 11.8 Å². The average molecular weight is 679 g/mol. The van der Waals surface area contributed by atoms with Crippen LogP contribution in [0.25, 0.3) is 0 Å². The maximum Gasteiger partial charge on any atom is 0.355 e. The Kier molecular flexibility index (Phi) is 10.1. The summed E-state index contributed by atoms with van der Waals surface area (Å²) in [6, 6.07) is 13.7. The number of hydrogen-bond donors (Lipinski definition) is 3. The van der Waals surface area contributed by atoms with Gasteiger partial charge in [0.15, 0.2) is 0 Å². The normalized spacial score (nSPS) is 23.5. The van der Waals surface area contributed by atoms with E-state index in [4.69, 9.17) is 4.74 Å². The number of amides is 7. The summed E-state index contributed by atoms with van der Waals surface area (Å²) < 4.78 is 4.54. The molecule has 0 radical (unpaired) electrons. The Hall–Kier alpha value is -4.92. The Balaban J connectivity index is 1.45. The molecule has 2 aromatic rings. The van der Waals surface area contributed by atoms with Crippen LogP contribution in [0.1, 0.15) is 50.8 Å². The molecule has 15 heteroatoms. The second-order valence-electron chi connectivity index (χ2n) is 12.1. The first-order chi connectivity index (χ1) is 23.0. The SMILES string of the molecule is CCCCN1CCN(C(=O)NC(C(=O)N[C@@]2(C(=O)OCc3ccccc3)N3C(=O)[C@@H](NC=O)[C@H]3SC2(C)C)c2ccccc2)C(=O)C1=O. The number of fused-ring (bicyclic) bond motifs is 1. The number of rotatable bonds is 12. The summed E-state index contributed by atoms with van der Waals surface area (Å²) >= 11 is 1.20. The van der Waals surface area contributed by atoms with Gasteiger partial charge in [-0.2, -0.15) is 0 Å². The van der Waals surface area contributed by atoms with Gasteiger partial charge in [-0.25, -0.2) is 9.59 Å². The molecule has 0 bridgehead atoms. The predicted octanol–water partition coefficient (Wildman–Crippen LogP) is 1.27. The number of carbonyl (C=O) groups excluding carboxylic acids is 7. The van der Waals surface area contributed by atoms with Crippen LogP contribution >= 0.6 is 11.8 Å². The van der Waals surface area contributed by atoms with E-state index >= 15 is 0 Å². The summed E-state index contributed by atoms with van der Waals surface area (Å²) in [7, 11) is 0. The van der Waals surface area contributed by atoms with Crippen molar-refractivity contribution in [3.63, 3.8) is 0 Å². The molecule has 3 aliphatic heterocycles. The van der Waals surface area contributed by atoms with Gasteiger partial charge in [0.25, 0.3) is 5.91 Å². The lowest BCUT2D eigenvalue weighted by molar-refractivity contribution is -0.181. The molecule has 0 aliphatic carbocycles. The maximum absolute atomic E-state index is 14.4. The highest BCUT2D eigenvalue weighted by molar-refractivity contribution is 8.01. The van der Waals surface area contributed by atoms with E-state index < -0.39 is 63.5 Å². The van der Waals surface area contributed by atoms with E-state index in [2.05, 4.69) is 16.0 Å². The third-order valence-corrected chi connectivity index (χ3v) is 10.4. The van der Waals surface area contributed by atoms with Gasteiger partial charge < -0.3 is 25.6 Å². The topological polar surface area (TPSA) is 175 Å². The Morgan fingerprint density at radius 3 is 2.31 bits per heavy atom. The Morgan fingerprint density at radius 1 is 1.00 bits per heavy atom. The molecule has 5 rings (SSSR count). The van der Waals surface area contributed by atoms with Gasteiger partial charge in [0.05, 0.1) is 4.75 Å². The summed E-state index contributed by atoms with van der Waals surface area (Å²) in [5.41, 5.74) is -1.08. The fraction of sp³-hybridized carbons (Fsp3) is 0.424. The quantitative estimate of drug-likeness (QED) is 0.129. The van der Waals surface area contributed by atoms with Crippen molar-refractivity contribution in [3.05, 3.63) is 71.8 Å². The second-order valence-corrected chi connectivity index (χ2v) is 13.9. The first-order valence-corrected chi connectivity index (χ1v) is 16.5. The van der Waals surface area contributed by atoms with Gasteiger partial charge in [-0.1, -0.05) is 74.0 Å². The van der Waals surface area contributed by atoms with Crippen molar-refractivity contribution in [2.75, 3.05) is 19.6 Å². The molecule has 3 aliphatic rings. The van der Waals surface area contributed by atoms with Crippen molar-refractivity contribution in [3.8, 4) is 0 Å². The fourth-order valence-electron chi connectivity index (χ4n) is 6.11. The zero-order chi connectivity index (χ0) is 34.6. The third kappa shape index (κ3) is 6.21. The second kappa shape index (κ2) is 14.1. The van der Waals surface area contributed by atoms with Gasteiger partial charge in [0.1, 0.15) is 24.1 Å². The molecule has 3 fully saturated rings. The smallest absolute Gasteiger partial charge is 0.355 e. The molecule has 7 amide bonds. The number of hydrogen-bond acceptors (Lipinski definition) is 9. The zero-order valence-electron chi connectivity index (χ0n) is 26.8. The molecule has 1 unspecified atom stereocenters. The van der Waals surface area contributed by atoms with Crippen LogP contribution in [0, 0.1) is 0 Å². The third-order valence-electron chi connectivity index (χ3n) is 8.75. The molecule has 48 heavy (non-hydrogen) atoms. The largest absolute Gasteiger partial charge is 0.458 e. The number of nitrogens with zero attached hydrogens (tertiary/aromatic N) is 3. The lowest BCUT2D eigenvalue weighted by Gasteiger charge is -2.50. The van der Waals surface area contributed by atoms with Crippen LogP contribution in [0.2, 0.25) is 0 Å². The van der Waals surface area contributed by atoms with Crippen LogP contribution < -0.4 is 16.0 Å². The van der Waals surface area contributed by atoms with Crippen molar-refractivity contribution >= 4 is 53.8 Å².